The maximum Gasteiger partial charge on any atom is 0.0407 e. The largest absolute Gasteiger partial charge is 0.366 e. The van der Waals surface area contributed by atoms with Crippen LogP contribution in [0.25, 0.3) is 0 Å². The van der Waals surface area contributed by atoms with Crippen molar-refractivity contribution in [1.82, 2.24) is 0 Å². The van der Waals surface area contributed by atoms with Gasteiger partial charge in [-0.15, -0.1) is 0 Å². The van der Waals surface area contributed by atoms with Gasteiger partial charge in [0.25, 0.3) is 0 Å². The van der Waals surface area contributed by atoms with Gasteiger partial charge in [-0.25, -0.2) is 0 Å². The van der Waals surface area contributed by atoms with Crippen molar-refractivity contribution in [3.05, 3.63) is 29.3 Å². The summed E-state index contributed by atoms with van der Waals surface area (Å²) in [6, 6.07) is 8.08. The summed E-state index contributed by atoms with van der Waals surface area (Å²) in [5.74, 6) is 0. The third-order valence-corrected chi connectivity index (χ3v) is 3.60. The monoisotopic (exact) mass is 232 g/mol. The van der Waals surface area contributed by atoms with Crippen LogP contribution >= 0.6 is 0 Å². The standard InChI is InChI=1S/C15H24N2/c1-10(2)17-12(4)9-14-13(8-11(3)16)6-5-7-15(14)17/h5-7,10-12H,8-9,16H2,1-4H3. The van der Waals surface area contributed by atoms with E-state index in [1.54, 1.807) is 0 Å². The molecule has 2 nitrogen and oxygen atoms in total. The molecule has 0 saturated heterocycles. The zero-order valence-electron chi connectivity index (χ0n) is 11.4. The number of fused-ring (bicyclic) bond motifs is 1. The summed E-state index contributed by atoms with van der Waals surface area (Å²) >= 11 is 0. The fraction of sp³-hybridized carbons (Fsp3) is 0.600. The van der Waals surface area contributed by atoms with Crippen molar-refractivity contribution in [2.45, 2.75) is 58.7 Å². The molecule has 2 rings (SSSR count). The molecule has 0 aliphatic carbocycles. The molecule has 94 valence electrons. The first-order valence-corrected chi connectivity index (χ1v) is 6.65. The molecule has 0 aromatic heterocycles. The molecule has 0 spiro atoms. The van der Waals surface area contributed by atoms with E-state index >= 15 is 0 Å². The van der Waals surface area contributed by atoms with Gasteiger partial charge in [0.2, 0.25) is 0 Å². The summed E-state index contributed by atoms with van der Waals surface area (Å²) in [6.07, 6.45) is 2.15. The van der Waals surface area contributed by atoms with E-state index in [2.05, 4.69) is 50.8 Å². The molecule has 1 aliphatic rings. The number of hydrogen-bond acceptors (Lipinski definition) is 2. The van der Waals surface area contributed by atoms with E-state index in [1.807, 2.05) is 0 Å². The summed E-state index contributed by atoms with van der Waals surface area (Å²) in [7, 11) is 0. The van der Waals surface area contributed by atoms with E-state index in [0.29, 0.717) is 12.1 Å². The Morgan fingerprint density at radius 3 is 2.65 bits per heavy atom. The Bertz CT molecular complexity index is 396. The van der Waals surface area contributed by atoms with Crippen molar-refractivity contribution in [3.63, 3.8) is 0 Å². The Morgan fingerprint density at radius 1 is 1.35 bits per heavy atom. The second-order valence-corrected chi connectivity index (χ2v) is 5.65. The van der Waals surface area contributed by atoms with Crippen molar-refractivity contribution in [2.24, 2.45) is 5.73 Å². The number of hydrogen-bond donors (Lipinski definition) is 1. The summed E-state index contributed by atoms with van der Waals surface area (Å²) in [6.45, 7) is 8.93. The lowest BCUT2D eigenvalue weighted by atomic mass is 9.98. The van der Waals surface area contributed by atoms with Crippen LogP contribution in [0.5, 0.6) is 0 Å². The van der Waals surface area contributed by atoms with Crippen LogP contribution < -0.4 is 10.6 Å². The lowest BCUT2D eigenvalue weighted by Gasteiger charge is -2.29. The highest BCUT2D eigenvalue weighted by Gasteiger charge is 2.29. The first-order chi connectivity index (χ1) is 8.00. The topological polar surface area (TPSA) is 29.3 Å². The lowest BCUT2D eigenvalue weighted by molar-refractivity contribution is 0.605. The van der Waals surface area contributed by atoms with Crippen LogP contribution in [0, 0.1) is 0 Å². The van der Waals surface area contributed by atoms with Gasteiger partial charge in [0.1, 0.15) is 0 Å². The van der Waals surface area contributed by atoms with Gasteiger partial charge in [-0.1, -0.05) is 12.1 Å². The highest BCUT2D eigenvalue weighted by molar-refractivity contribution is 5.62. The zero-order chi connectivity index (χ0) is 12.6. The van der Waals surface area contributed by atoms with E-state index in [4.69, 9.17) is 5.73 Å². The average molecular weight is 232 g/mol. The van der Waals surface area contributed by atoms with Crippen LogP contribution in [0.3, 0.4) is 0 Å². The molecule has 1 heterocycles. The third kappa shape index (κ3) is 2.32. The first-order valence-electron chi connectivity index (χ1n) is 6.65. The SMILES string of the molecule is CC(N)Cc1cccc2c1CC(C)N2C(C)C. The van der Waals surface area contributed by atoms with Gasteiger partial charge in [-0.2, -0.15) is 0 Å². The van der Waals surface area contributed by atoms with E-state index in [-0.39, 0.29) is 6.04 Å². The van der Waals surface area contributed by atoms with Crippen molar-refractivity contribution >= 4 is 5.69 Å². The molecule has 17 heavy (non-hydrogen) atoms. The minimum atomic E-state index is 0.241. The van der Waals surface area contributed by atoms with Crippen molar-refractivity contribution in [2.75, 3.05) is 4.90 Å². The number of benzene rings is 1. The molecule has 2 atom stereocenters. The average Bonchev–Trinajstić information content (AvgIpc) is 2.54. The second-order valence-electron chi connectivity index (χ2n) is 5.65. The number of anilines is 1. The van der Waals surface area contributed by atoms with Gasteiger partial charge in [0.15, 0.2) is 0 Å². The molecule has 1 aromatic carbocycles. The Balaban J connectivity index is 2.38. The van der Waals surface area contributed by atoms with Crippen LogP contribution in [-0.2, 0) is 12.8 Å². The van der Waals surface area contributed by atoms with Gasteiger partial charge >= 0.3 is 0 Å². The molecule has 2 N–H and O–H groups in total. The Labute approximate surface area is 105 Å². The molecular formula is C15H24N2. The fourth-order valence-electron chi connectivity index (χ4n) is 3.06. The van der Waals surface area contributed by atoms with E-state index in [0.717, 1.165) is 12.8 Å². The predicted molar refractivity (Wildman–Crippen MR) is 74.6 cm³/mol. The van der Waals surface area contributed by atoms with E-state index < -0.39 is 0 Å². The molecule has 0 amide bonds. The zero-order valence-corrected chi connectivity index (χ0v) is 11.4. The van der Waals surface area contributed by atoms with Gasteiger partial charge in [0, 0.05) is 23.8 Å². The minimum absolute atomic E-state index is 0.241. The van der Waals surface area contributed by atoms with Crippen molar-refractivity contribution in [1.29, 1.82) is 0 Å². The van der Waals surface area contributed by atoms with Crippen LogP contribution in [0.15, 0.2) is 18.2 Å². The Kier molecular flexibility index (Phi) is 3.43. The molecule has 2 unspecified atom stereocenters. The van der Waals surface area contributed by atoms with Crippen LogP contribution in [0.1, 0.15) is 38.8 Å². The van der Waals surface area contributed by atoms with Gasteiger partial charge in [-0.3, -0.25) is 0 Å². The normalized spacial score (nSPS) is 20.8. The van der Waals surface area contributed by atoms with Crippen molar-refractivity contribution < 1.29 is 0 Å². The quantitative estimate of drug-likeness (QED) is 0.868. The predicted octanol–water partition coefficient (Wildman–Crippen LogP) is 2.74. The maximum absolute atomic E-state index is 5.93. The molecule has 2 heteroatoms. The molecule has 0 fully saturated rings. The molecular weight excluding hydrogens is 208 g/mol. The smallest absolute Gasteiger partial charge is 0.0407 e. The third-order valence-electron chi connectivity index (χ3n) is 3.60. The van der Waals surface area contributed by atoms with Gasteiger partial charge < -0.3 is 10.6 Å². The number of rotatable bonds is 3. The Hall–Kier alpha value is -1.02. The maximum atomic E-state index is 5.93. The summed E-state index contributed by atoms with van der Waals surface area (Å²) in [5.41, 5.74) is 10.3. The molecule has 1 aliphatic heterocycles. The summed E-state index contributed by atoms with van der Waals surface area (Å²) < 4.78 is 0. The minimum Gasteiger partial charge on any atom is -0.366 e. The number of nitrogens with zero attached hydrogens (tertiary/aromatic N) is 1. The number of nitrogens with two attached hydrogens (primary N) is 1. The van der Waals surface area contributed by atoms with Crippen molar-refractivity contribution in [3.8, 4) is 0 Å². The van der Waals surface area contributed by atoms with Crippen LogP contribution in [0.4, 0.5) is 5.69 Å². The second kappa shape index (κ2) is 4.69. The van der Waals surface area contributed by atoms with Crippen LogP contribution in [0.2, 0.25) is 0 Å². The van der Waals surface area contributed by atoms with Gasteiger partial charge in [0.05, 0.1) is 0 Å². The molecule has 0 bridgehead atoms. The lowest BCUT2D eigenvalue weighted by Crippen LogP contribution is -2.35. The first kappa shape index (κ1) is 12.4. The van der Waals surface area contributed by atoms with E-state index in [1.165, 1.54) is 16.8 Å². The van der Waals surface area contributed by atoms with Gasteiger partial charge in [-0.05, 0) is 57.7 Å². The Morgan fingerprint density at radius 2 is 2.06 bits per heavy atom. The van der Waals surface area contributed by atoms with E-state index in [9.17, 15) is 0 Å². The molecule has 1 aromatic rings. The molecule has 0 saturated carbocycles. The molecule has 0 radical (unpaired) electrons. The highest BCUT2D eigenvalue weighted by Crippen LogP contribution is 2.36. The fourth-order valence-corrected chi connectivity index (χ4v) is 3.06. The highest BCUT2D eigenvalue weighted by atomic mass is 15.2. The van der Waals surface area contributed by atoms with Crippen LogP contribution in [-0.4, -0.2) is 18.1 Å². The summed E-state index contributed by atoms with van der Waals surface area (Å²) in [4.78, 5) is 2.53. The summed E-state index contributed by atoms with van der Waals surface area (Å²) in [5, 5.41) is 0.